The lowest BCUT2D eigenvalue weighted by Crippen LogP contribution is -2.48. The molecule has 1 saturated heterocycles. The Balaban J connectivity index is 0.000000287. The number of hydrogen-bond acceptors (Lipinski definition) is 7. The molecule has 4 N–H and O–H groups in total. The molecule has 126 valence electrons. The summed E-state index contributed by atoms with van der Waals surface area (Å²) in [6.45, 7) is 4.46. The van der Waals surface area contributed by atoms with Crippen LogP contribution in [0.4, 0.5) is 5.69 Å². The quantitative estimate of drug-likeness (QED) is 0.596. The molecule has 0 spiro atoms. The van der Waals surface area contributed by atoms with Crippen LogP contribution in [0, 0.1) is 0 Å². The van der Waals surface area contributed by atoms with Gasteiger partial charge in [0.1, 0.15) is 0 Å². The Morgan fingerprint density at radius 2 is 1.59 bits per heavy atom. The zero-order valence-corrected chi connectivity index (χ0v) is 13.3. The number of piperazine rings is 1. The van der Waals surface area contributed by atoms with Gasteiger partial charge in [-0.15, -0.1) is 0 Å². The summed E-state index contributed by atoms with van der Waals surface area (Å²) in [5.41, 5.74) is 6.08. The Morgan fingerprint density at radius 3 is 1.95 bits per heavy atom. The van der Waals surface area contributed by atoms with E-state index in [1.54, 1.807) is 24.5 Å². The number of nitrogen functional groups attached to an aromatic ring is 1. The first-order chi connectivity index (χ1) is 10.4. The van der Waals surface area contributed by atoms with Crippen molar-refractivity contribution >= 4 is 15.8 Å². The number of rotatable bonds is 5. The smallest absolute Gasteiger partial charge is 0.266 e. The Morgan fingerprint density at radius 1 is 1.09 bits per heavy atom. The molecule has 1 aromatic heterocycles. The largest absolute Gasteiger partial charge is 0.399 e. The fourth-order valence-corrected chi connectivity index (χ4v) is 2.47. The lowest BCUT2D eigenvalue weighted by atomic mass is 10.3. The summed E-state index contributed by atoms with van der Waals surface area (Å²) < 4.78 is 29.6. The second kappa shape index (κ2) is 9.70. The summed E-state index contributed by atoms with van der Waals surface area (Å²) in [7, 11) is -3.84. The van der Waals surface area contributed by atoms with E-state index in [0.29, 0.717) is 13.1 Å². The molecule has 1 fully saturated rings. The minimum absolute atomic E-state index is 0.158. The van der Waals surface area contributed by atoms with Crippen molar-refractivity contribution in [3.63, 3.8) is 0 Å². The van der Waals surface area contributed by atoms with E-state index in [1.165, 1.54) is 0 Å². The van der Waals surface area contributed by atoms with Gasteiger partial charge in [-0.3, -0.25) is 19.3 Å². The standard InChI is InChI=1S/C8H18N2O4S.C5H6N2/c11-7-5-9-1-3-10(4-2-9)6-8-15(12,13)14;6-5-1-3-7-4-2-5/h11H,1-8H2,(H,12,13,14);1-4H,(H2,6,7). The fourth-order valence-electron chi connectivity index (χ4n) is 1.99. The first-order valence-electron chi connectivity index (χ1n) is 7.07. The van der Waals surface area contributed by atoms with Crippen LogP contribution in [-0.4, -0.2) is 84.5 Å². The van der Waals surface area contributed by atoms with Gasteiger partial charge >= 0.3 is 0 Å². The highest BCUT2D eigenvalue weighted by atomic mass is 32.2. The Kier molecular flexibility index (Phi) is 8.28. The fraction of sp³-hybridized carbons (Fsp3) is 0.615. The topological polar surface area (TPSA) is 120 Å². The highest BCUT2D eigenvalue weighted by Crippen LogP contribution is 2.01. The van der Waals surface area contributed by atoms with Gasteiger partial charge < -0.3 is 10.8 Å². The Labute approximate surface area is 131 Å². The van der Waals surface area contributed by atoms with Crippen LogP contribution in [0.1, 0.15) is 0 Å². The first kappa shape index (κ1) is 18.8. The average molecular weight is 332 g/mol. The third-order valence-electron chi connectivity index (χ3n) is 3.25. The van der Waals surface area contributed by atoms with Gasteiger partial charge in [0.25, 0.3) is 10.1 Å². The van der Waals surface area contributed by atoms with Crippen LogP contribution in [0.3, 0.4) is 0 Å². The molecule has 0 radical (unpaired) electrons. The number of aromatic nitrogens is 1. The average Bonchev–Trinajstić information content (AvgIpc) is 2.48. The molecule has 1 aliphatic rings. The molecule has 0 saturated carbocycles. The first-order valence-corrected chi connectivity index (χ1v) is 8.68. The van der Waals surface area contributed by atoms with E-state index in [4.69, 9.17) is 15.4 Å². The third-order valence-corrected chi connectivity index (χ3v) is 3.95. The van der Waals surface area contributed by atoms with Crippen LogP contribution in [0.2, 0.25) is 0 Å². The summed E-state index contributed by atoms with van der Waals surface area (Å²) in [6.07, 6.45) is 3.32. The minimum atomic E-state index is -3.84. The molecule has 0 aliphatic carbocycles. The number of aliphatic hydroxyl groups excluding tert-OH is 1. The maximum absolute atomic E-state index is 10.5. The second-order valence-corrected chi connectivity index (χ2v) is 6.55. The van der Waals surface area contributed by atoms with E-state index in [1.807, 2.05) is 4.90 Å². The van der Waals surface area contributed by atoms with Crippen molar-refractivity contribution in [2.75, 3.05) is 57.4 Å². The van der Waals surface area contributed by atoms with Crippen molar-refractivity contribution in [3.8, 4) is 0 Å². The summed E-state index contributed by atoms with van der Waals surface area (Å²) >= 11 is 0. The van der Waals surface area contributed by atoms with Crippen LogP contribution in [-0.2, 0) is 10.1 Å². The molecule has 0 atom stereocenters. The lowest BCUT2D eigenvalue weighted by Gasteiger charge is -2.33. The molecule has 8 nitrogen and oxygen atoms in total. The molecule has 0 unspecified atom stereocenters. The molecule has 0 aromatic carbocycles. The predicted molar refractivity (Wildman–Crippen MR) is 85.0 cm³/mol. The summed E-state index contributed by atoms with van der Waals surface area (Å²) in [4.78, 5) is 7.90. The number of aliphatic hydroxyl groups is 1. The van der Waals surface area contributed by atoms with Crippen molar-refractivity contribution in [1.29, 1.82) is 0 Å². The van der Waals surface area contributed by atoms with E-state index in [0.717, 1.165) is 31.9 Å². The van der Waals surface area contributed by atoms with Crippen LogP contribution >= 0.6 is 0 Å². The van der Waals surface area contributed by atoms with Gasteiger partial charge in [0, 0.05) is 57.3 Å². The van der Waals surface area contributed by atoms with Gasteiger partial charge in [0.2, 0.25) is 0 Å². The zero-order valence-electron chi connectivity index (χ0n) is 12.5. The molecule has 2 rings (SSSR count). The van der Waals surface area contributed by atoms with E-state index < -0.39 is 10.1 Å². The summed E-state index contributed by atoms with van der Waals surface area (Å²) in [5.74, 6) is -0.201. The number of hydrogen-bond donors (Lipinski definition) is 3. The molecule has 1 aliphatic heterocycles. The van der Waals surface area contributed by atoms with E-state index >= 15 is 0 Å². The number of β-amino-alcohol motifs (C(OH)–C–C–N with tert-alkyl or cyclic N) is 1. The molecular weight excluding hydrogens is 308 g/mol. The van der Waals surface area contributed by atoms with Gasteiger partial charge in [0.05, 0.1) is 12.4 Å². The van der Waals surface area contributed by atoms with E-state index in [-0.39, 0.29) is 12.4 Å². The minimum Gasteiger partial charge on any atom is -0.399 e. The van der Waals surface area contributed by atoms with E-state index in [2.05, 4.69) is 9.88 Å². The molecule has 0 bridgehead atoms. The van der Waals surface area contributed by atoms with Gasteiger partial charge in [0.15, 0.2) is 0 Å². The maximum atomic E-state index is 10.5. The number of anilines is 1. The Hall–Kier alpha value is -1.26. The molecule has 22 heavy (non-hydrogen) atoms. The molecule has 0 amide bonds. The molecular formula is C13H24N4O4S. The molecule has 2 heterocycles. The monoisotopic (exact) mass is 332 g/mol. The van der Waals surface area contributed by atoms with Gasteiger partial charge in [-0.2, -0.15) is 8.42 Å². The van der Waals surface area contributed by atoms with Crippen molar-refractivity contribution in [2.45, 2.75) is 0 Å². The maximum Gasteiger partial charge on any atom is 0.266 e. The van der Waals surface area contributed by atoms with Crippen LogP contribution < -0.4 is 5.73 Å². The van der Waals surface area contributed by atoms with Gasteiger partial charge in [-0.1, -0.05) is 0 Å². The van der Waals surface area contributed by atoms with Crippen LogP contribution in [0.25, 0.3) is 0 Å². The number of pyridine rings is 1. The highest BCUT2D eigenvalue weighted by molar-refractivity contribution is 7.85. The van der Waals surface area contributed by atoms with Crippen molar-refractivity contribution in [1.82, 2.24) is 14.8 Å². The Bertz CT molecular complexity index is 504. The van der Waals surface area contributed by atoms with Crippen LogP contribution in [0.5, 0.6) is 0 Å². The number of nitrogens with two attached hydrogens (primary N) is 1. The molecule has 9 heteroatoms. The number of nitrogens with zero attached hydrogens (tertiary/aromatic N) is 3. The lowest BCUT2D eigenvalue weighted by molar-refractivity contribution is 0.116. The summed E-state index contributed by atoms with van der Waals surface area (Å²) in [6, 6.07) is 3.50. The van der Waals surface area contributed by atoms with Crippen molar-refractivity contribution in [2.24, 2.45) is 0 Å². The predicted octanol–water partition coefficient (Wildman–Crippen LogP) is -0.852. The molecule has 1 aromatic rings. The zero-order chi connectivity index (χ0) is 16.4. The second-order valence-electron chi connectivity index (χ2n) is 4.97. The van der Waals surface area contributed by atoms with Gasteiger partial charge in [-0.25, -0.2) is 0 Å². The van der Waals surface area contributed by atoms with Crippen molar-refractivity contribution < 1.29 is 18.1 Å². The highest BCUT2D eigenvalue weighted by Gasteiger charge is 2.17. The van der Waals surface area contributed by atoms with Gasteiger partial charge in [-0.05, 0) is 12.1 Å². The summed E-state index contributed by atoms with van der Waals surface area (Å²) in [5, 5.41) is 8.73. The van der Waals surface area contributed by atoms with Crippen molar-refractivity contribution in [3.05, 3.63) is 24.5 Å². The SMILES string of the molecule is Nc1ccncc1.O=S(=O)(O)CCN1CCN(CCO)CC1. The third kappa shape index (κ3) is 8.90. The normalized spacial score (nSPS) is 16.8. The van der Waals surface area contributed by atoms with E-state index in [9.17, 15) is 8.42 Å². The van der Waals surface area contributed by atoms with Crippen LogP contribution in [0.15, 0.2) is 24.5 Å².